The molecule has 1 atom stereocenters. The van der Waals surface area contributed by atoms with Gasteiger partial charge in [0.25, 0.3) is 0 Å². The maximum Gasteiger partial charge on any atom is 0.122 e. The predicted octanol–water partition coefficient (Wildman–Crippen LogP) is 3.69. The van der Waals surface area contributed by atoms with Crippen LogP contribution < -0.4 is 5.32 Å². The van der Waals surface area contributed by atoms with E-state index in [1.807, 2.05) is 6.92 Å². The first kappa shape index (κ1) is 15.6. The molecule has 104 valence electrons. The first-order chi connectivity index (χ1) is 8.37. The SMILES string of the molecule is CCOC(C)c1nc(CC)c(CNC(C)(C)C)s1. The quantitative estimate of drug-likeness (QED) is 0.856. The highest BCUT2D eigenvalue weighted by Crippen LogP contribution is 2.26. The first-order valence-corrected chi connectivity index (χ1v) is 7.54. The lowest BCUT2D eigenvalue weighted by atomic mass is 10.1. The van der Waals surface area contributed by atoms with Gasteiger partial charge in [-0.3, -0.25) is 0 Å². The Labute approximate surface area is 115 Å². The van der Waals surface area contributed by atoms with Gasteiger partial charge in [-0.25, -0.2) is 4.98 Å². The highest BCUT2D eigenvalue weighted by Gasteiger charge is 2.17. The van der Waals surface area contributed by atoms with E-state index in [1.165, 1.54) is 10.6 Å². The fourth-order valence-corrected chi connectivity index (χ4v) is 2.75. The predicted molar refractivity (Wildman–Crippen MR) is 78.1 cm³/mol. The summed E-state index contributed by atoms with van der Waals surface area (Å²) < 4.78 is 5.61. The molecular weight excluding hydrogens is 244 g/mol. The normalized spacial score (nSPS) is 13.9. The highest BCUT2D eigenvalue weighted by molar-refractivity contribution is 7.11. The Kier molecular flexibility index (Phi) is 5.76. The molecule has 0 radical (unpaired) electrons. The van der Waals surface area contributed by atoms with Crippen LogP contribution in [0.3, 0.4) is 0 Å². The fourth-order valence-electron chi connectivity index (χ4n) is 1.66. The zero-order chi connectivity index (χ0) is 13.8. The van der Waals surface area contributed by atoms with E-state index in [0.29, 0.717) is 0 Å². The third-order valence-corrected chi connectivity index (χ3v) is 3.93. The van der Waals surface area contributed by atoms with Crippen LogP contribution in [0.4, 0.5) is 0 Å². The van der Waals surface area contributed by atoms with Crippen molar-refractivity contribution in [1.29, 1.82) is 0 Å². The van der Waals surface area contributed by atoms with Crippen molar-refractivity contribution in [3.63, 3.8) is 0 Å². The topological polar surface area (TPSA) is 34.1 Å². The Morgan fingerprint density at radius 2 is 2.00 bits per heavy atom. The van der Waals surface area contributed by atoms with Crippen LogP contribution in [0.1, 0.15) is 63.2 Å². The molecule has 0 aliphatic heterocycles. The summed E-state index contributed by atoms with van der Waals surface area (Å²) in [5.74, 6) is 0. The van der Waals surface area contributed by atoms with E-state index in [9.17, 15) is 0 Å². The van der Waals surface area contributed by atoms with Crippen molar-refractivity contribution in [2.45, 2.75) is 66.2 Å². The largest absolute Gasteiger partial charge is 0.372 e. The van der Waals surface area contributed by atoms with Crippen LogP contribution in [0.15, 0.2) is 0 Å². The average molecular weight is 270 g/mol. The lowest BCUT2D eigenvalue weighted by Crippen LogP contribution is -2.35. The molecule has 0 fully saturated rings. The molecule has 0 saturated carbocycles. The van der Waals surface area contributed by atoms with Gasteiger partial charge in [0.1, 0.15) is 11.1 Å². The Morgan fingerprint density at radius 1 is 1.33 bits per heavy atom. The van der Waals surface area contributed by atoms with Crippen molar-refractivity contribution in [1.82, 2.24) is 10.3 Å². The van der Waals surface area contributed by atoms with Gasteiger partial charge in [0, 0.05) is 23.6 Å². The van der Waals surface area contributed by atoms with E-state index >= 15 is 0 Å². The van der Waals surface area contributed by atoms with Gasteiger partial charge in [-0.15, -0.1) is 11.3 Å². The zero-order valence-electron chi connectivity index (χ0n) is 12.5. The minimum atomic E-state index is 0.105. The second-order valence-corrected chi connectivity index (χ2v) is 6.59. The Hall–Kier alpha value is -0.450. The summed E-state index contributed by atoms with van der Waals surface area (Å²) in [5.41, 5.74) is 1.35. The summed E-state index contributed by atoms with van der Waals surface area (Å²) in [6.45, 7) is 14.4. The molecule has 0 aromatic carbocycles. The highest BCUT2D eigenvalue weighted by atomic mass is 32.1. The number of rotatable bonds is 6. The van der Waals surface area contributed by atoms with E-state index in [1.54, 1.807) is 11.3 Å². The average Bonchev–Trinajstić information content (AvgIpc) is 2.69. The molecule has 1 rings (SSSR count). The van der Waals surface area contributed by atoms with Crippen LogP contribution in [-0.2, 0) is 17.7 Å². The van der Waals surface area contributed by atoms with E-state index < -0.39 is 0 Å². The standard InChI is InChI=1S/C14H26N2OS/c1-7-11-12(9-15-14(4,5)6)18-13(16-11)10(3)17-8-2/h10,15H,7-9H2,1-6H3. The number of nitrogens with zero attached hydrogens (tertiary/aromatic N) is 1. The van der Waals surface area contributed by atoms with Gasteiger partial charge in [0.15, 0.2) is 0 Å². The molecule has 0 aliphatic carbocycles. The van der Waals surface area contributed by atoms with Gasteiger partial charge in [-0.2, -0.15) is 0 Å². The molecule has 0 bridgehead atoms. The maximum absolute atomic E-state index is 5.61. The molecule has 1 unspecified atom stereocenters. The number of nitrogens with one attached hydrogen (secondary N) is 1. The van der Waals surface area contributed by atoms with Crippen LogP contribution in [-0.4, -0.2) is 17.1 Å². The van der Waals surface area contributed by atoms with Crippen molar-refractivity contribution in [2.24, 2.45) is 0 Å². The second kappa shape index (κ2) is 6.64. The number of aromatic nitrogens is 1. The van der Waals surface area contributed by atoms with Crippen molar-refractivity contribution in [3.8, 4) is 0 Å². The van der Waals surface area contributed by atoms with Crippen molar-refractivity contribution < 1.29 is 4.74 Å². The molecular formula is C14H26N2OS. The van der Waals surface area contributed by atoms with Crippen LogP contribution in [0.5, 0.6) is 0 Å². The summed E-state index contributed by atoms with van der Waals surface area (Å²) >= 11 is 1.77. The van der Waals surface area contributed by atoms with E-state index in [4.69, 9.17) is 9.72 Å². The van der Waals surface area contributed by atoms with Gasteiger partial charge >= 0.3 is 0 Å². The molecule has 1 heterocycles. The molecule has 0 aliphatic rings. The summed E-state index contributed by atoms with van der Waals surface area (Å²) in [6.07, 6.45) is 1.09. The van der Waals surface area contributed by atoms with Crippen molar-refractivity contribution >= 4 is 11.3 Å². The zero-order valence-corrected chi connectivity index (χ0v) is 13.3. The molecule has 18 heavy (non-hydrogen) atoms. The van der Waals surface area contributed by atoms with Crippen LogP contribution in [0.25, 0.3) is 0 Å². The van der Waals surface area contributed by atoms with Gasteiger partial charge in [0.05, 0.1) is 5.69 Å². The van der Waals surface area contributed by atoms with E-state index in [2.05, 4.69) is 39.9 Å². The molecule has 3 nitrogen and oxygen atoms in total. The smallest absolute Gasteiger partial charge is 0.122 e. The molecule has 1 aromatic heterocycles. The van der Waals surface area contributed by atoms with Crippen LogP contribution in [0.2, 0.25) is 0 Å². The fraction of sp³-hybridized carbons (Fsp3) is 0.786. The van der Waals surface area contributed by atoms with Crippen LogP contribution >= 0.6 is 11.3 Å². The molecule has 0 saturated heterocycles. The van der Waals surface area contributed by atoms with Crippen molar-refractivity contribution in [2.75, 3.05) is 6.61 Å². The minimum Gasteiger partial charge on any atom is -0.372 e. The molecule has 4 heteroatoms. The number of aryl methyl sites for hydroxylation is 1. The number of thiazole rings is 1. The van der Waals surface area contributed by atoms with Gasteiger partial charge in [-0.1, -0.05) is 6.92 Å². The second-order valence-electron chi connectivity index (χ2n) is 5.48. The lowest BCUT2D eigenvalue weighted by molar-refractivity contribution is 0.0761. The maximum atomic E-state index is 5.61. The summed E-state index contributed by atoms with van der Waals surface area (Å²) in [4.78, 5) is 6.04. The summed E-state index contributed by atoms with van der Waals surface area (Å²) in [7, 11) is 0. The minimum absolute atomic E-state index is 0.105. The van der Waals surface area contributed by atoms with Crippen LogP contribution in [0, 0.1) is 0 Å². The Morgan fingerprint density at radius 3 is 2.50 bits per heavy atom. The summed E-state index contributed by atoms with van der Waals surface area (Å²) in [6, 6.07) is 0. The third kappa shape index (κ3) is 4.67. The van der Waals surface area contributed by atoms with E-state index in [-0.39, 0.29) is 11.6 Å². The first-order valence-electron chi connectivity index (χ1n) is 6.72. The molecule has 0 spiro atoms. The molecule has 1 aromatic rings. The monoisotopic (exact) mass is 270 g/mol. The number of ether oxygens (including phenoxy) is 1. The molecule has 0 amide bonds. The van der Waals surface area contributed by atoms with Gasteiger partial charge < -0.3 is 10.1 Å². The summed E-state index contributed by atoms with van der Waals surface area (Å²) in [5, 5.41) is 4.62. The number of hydrogen-bond acceptors (Lipinski definition) is 4. The Balaban J connectivity index is 2.78. The molecule has 1 N–H and O–H groups in total. The lowest BCUT2D eigenvalue weighted by Gasteiger charge is -2.20. The third-order valence-electron chi connectivity index (χ3n) is 2.67. The van der Waals surface area contributed by atoms with Crippen molar-refractivity contribution in [3.05, 3.63) is 15.6 Å². The van der Waals surface area contributed by atoms with Gasteiger partial charge in [0.2, 0.25) is 0 Å². The Bertz CT molecular complexity index is 368. The van der Waals surface area contributed by atoms with Gasteiger partial charge in [-0.05, 0) is 41.0 Å². The van der Waals surface area contributed by atoms with E-state index in [0.717, 1.165) is 24.6 Å². The number of hydrogen-bond donors (Lipinski definition) is 1.